The number of amides is 2. The number of aromatic nitrogens is 1. The molecule has 0 fully saturated rings. The summed E-state index contributed by atoms with van der Waals surface area (Å²) in [6.07, 6.45) is 4.02. The summed E-state index contributed by atoms with van der Waals surface area (Å²) in [7, 11) is 0. The smallest absolute Gasteiger partial charge is 0.338 e. The van der Waals surface area contributed by atoms with Crippen LogP contribution in [0.2, 0.25) is 0 Å². The van der Waals surface area contributed by atoms with E-state index in [4.69, 9.17) is 4.74 Å². The van der Waals surface area contributed by atoms with Crippen molar-refractivity contribution in [2.24, 2.45) is 4.99 Å². The lowest BCUT2D eigenvalue weighted by molar-refractivity contribution is 0.0525. The topological polar surface area (TPSA) is 104 Å². The number of carbonyl (C=O) groups excluding carboxylic acids is 3. The van der Waals surface area contributed by atoms with Gasteiger partial charge in [-0.15, -0.1) is 0 Å². The molecule has 1 aliphatic heterocycles. The molecule has 2 N–H and O–H groups in total. The summed E-state index contributed by atoms with van der Waals surface area (Å²) in [4.78, 5) is 46.1. The molecule has 8 nitrogen and oxygen atoms in total. The fourth-order valence-electron chi connectivity index (χ4n) is 4.23. The monoisotopic (exact) mass is 480 g/mol. The largest absolute Gasteiger partial charge is 0.462 e. The Morgan fingerprint density at radius 1 is 1.03 bits per heavy atom. The minimum absolute atomic E-state index is 0.248. The fourth-order valence-corrected chi connectivity index (χ4v) is 4.23. The molecule has 0 saturated heterocycles. The third-order valence-electron chi connectivity index (χ3n) is 6.07. The summed E-state index contributed by atoms with van der Waals surface area (Å²) in [5.41, 5.74) is 4.90. The van der Waals surface area contributed by atoms with Crippen molar-refractivity contribution in [3.05, 3.63) is 95.2 Å². The number of ether oxygens (including phenoxy) is 1. The van der Waals surface area contributed by atoms with Crippen LogP contribution in [0.15, 0.2) is 77.9 Å². The fraction of sp³-hybridized carbons (Fsp3) is 0.143. The van der Waals surface area contributed by atoms with E-state index < -0.39 is 0 Å². The van der Waals surface area contributed by atoms with Gasteiger partial charge in [0, 0.05) is 29.3 Å². The number of aliphatic imine (C=N–C) groups is 1. The Bertz CT molecular complexity index is 1450. The number of carbonyl (C=O) groups is 3. The van der Waals surface area contributed by atoms with E-state index in [1.807, 2.05) is 24.4 Å². The van der Waals surface area contributed by atoms with E-state index in [1.165, 1.54) is 4.90 Å². The Morgan fingerprint density at radius 3 is 2.44 bits per heavy atom. The second-order valence-corrected chi connectivity index (χ2v) is 8.30. The minimum atomic E-state index is -0.351. The SMILES string of the molecule is CCOC(=O)c1ccc(NC=Nc2ccc3[nH]cc(CCN4C(=O)c5ccccc5C4=O)c3c2)cc1. The van der Waals surface area contributed by atoms with Crippen LogP contribution in [0.25, 0.3) is 10.9 Å². The Morgan fingerprint density at radius 2 is 1.75 bits per heavy atom. The van der Waals surface area contributed by atoms with Crippen molar-refractivity contribution in [1.29, 1.82) is 0 Å². The molecule has 5 rings (SSSR count). The van der Waals surface area contributed by atoms with E-state index in [-0.39, 0.29) is 17.8 Å². The van der Waals surface area contributed by atoms with Gasteiger partial charge in [-0.2, -0.15) is 0 Å². The van der Waals surface area contributed by atoms with Gasteiger partial charge in [-0.3, -0.25) is 14.5 Å². The predicted octanol–water partition coefficient (Wildman–Crippen LogP) is 4.96. The van der Waals surface area contributed by atoms with Gasteiger partial charge in [0.2, 0.25) is 0 Å². The maximum Gasteiger partial charge on any atom is 0.338 e. The number of nitrogens with zero attached hydrogens (tertiary/aromatic N) is 2. The van der Waals surface area contributed by atoms with E-state index >= 15 is 0 Å². The van der Waals surface area contributed by atoms with Crippen molar-refractivity contribution in [2.45, 2.75) is 13.3 Å². The second kappa shape index (κ2) is 9.87. The van der Waals surface area contributed by atoms with Gasteiger partial charge in [-0.25, -0.2) is 9.79 Å². The Balaban J connectivity index is 1.25. The molecule has 0 radical (unpaired) electrons. The Labute approximate surface area is 207 Å². The van der Waals surface area contributed by atoms with Crippen molar-refractivity contribution in [1.82, 2.24) is 9.88 Å². The van der Waals surface area contributed by atoms with E-state index in [9.17, 15) is 14.4 Å². The quantitative estimate of drug-likeness (QED) is 0.161. The highest BCUT2D eigenvalue weighted by Gasteiger charge is 2.34. The zero-order chi connectivity index (χ0) is 25.1. The van der Waals surface area contributed by atoms with Crippen LogP contribution in [0.1, 0.15) is 43.6 Å². The number of anilines is 1. The van der Waals surface area contributed by atoms with Gasteiger partial charge in [0.1, 0.15) is 0 Å². The van der Waals surface area contributed by atoms with Crippen molar-refractivity contribution < 1.29 is 19.1 Å². The summed E-state index contributed by atoms with van der Waals surface area (Å²) in [5, 5.41) is 4.08. The van der Waals surface area contributed by atoms with Gasteiger partial charge in [0.05, 0.1) is 35.3 Å². The van der Waals surface area contributed by atoms with Crippen LogP contribution in [0.4, 0.5) is 11.4 Å². The van der Waals surface area contributed by atoms with Gasteiger partial charge in [0.25, 0.3) is 11.8 Å². The van der Waals surface area contributed by atoms with Crippen molar-refractivity contribution in [3.8, 4) is 0 Å². The number of imide groups is 1. The van der Waals surface area contributed by atoms with Crippen molar-refractivity contribution in [3.63, 3.8) is 0 Å². The van der Waals surface area contributed by atoms with Crippen LogP contribution in [-0.4, -0.2) is 47.2 Å². The van der Waals surface area contributed by atoms with Gasteiger partial charge in [-0.1, -0.05) is 12.1 Å². The van der Waals surface area contributed by atoms with Crippen molar-refractivity contribution >= 4 is 46.4 Å². The lowest BCUT2D eigenvalue weighted by Crippen LogP contribution is -2.31. The van der Waals surface area contributed by atoms with E-state index in [2.05, 4.69) is 15.3 Å². The lowest BCUT2D eigenvalue weighted by atomic mass is 10.1. The highest BCUT2D eigenvalue weighted by atomic mass is 16.5. The Kier molecular flexibility index (Phi) is 6.32. The number of nitrogens with one attached hydrogen (secondary N) is 2. The number of hydrogen-bond donors (Lipinski definition) is 2. The van der Waals surface area contributed by atoms with Gasteiger partial charge >= 0.3 is 5.97 Å². The van der Waals surface area contributed by atoms with Gasteiger partial charge in [0.15, 0.2) is 0 Å². The molecule has 1 aliphatic rings. The van der Waals surface area contributed by atoms with Crippen LogP contribution in [-0.2, 0) is 11.2 Å². The number of fused-ring (bicyclic) bond motifs is 2. The first-order valence-electron chi connectivity index (χ1n) is 11.7. The molecule has 2 amide bonds. The molecule has 180 valence electrons. The summed E-state index contributed by atoms with van der Waals surface area (Å²) in [6, 6.07) is 19.7. The molecule has 1 aromatic heterocycles. The molecule has 0 unspecified atom stereocenters. The van der Waals surface area contributed by atoms with Crippen LogP contribution < -0.4 is 5.32 Å². The normalized spacial score (nSPS) is 13.0. The van der Waals surface area contributed by atoms with Crippen LogP contribution in [0, 0.1) is 0 Å². The number of rotatable bonds is 8. The zero-order valence-corrected chi connectivity index (χ0v) is 19.7. The van der Waals surface area contributed by atoms with E-state index in [0.717, 1.165) is 27.8 Å². The minimum Gasteiger partial charge on any atom is -0.462 e. The van der Waals surface area contributed by atoms with E-state index in [1.54, 1.807) is 61.8 Å². The molecule has 36 heavy (non-hydrogen) atoms. The third kappa shape index (κ3) is 4.48. The number of H-pyrrole nitrogens is 1. The molecule has 3 aromatic carbocycles. The molecule has 0 atom stereocenters. The maximum absolute atomic E-state index is 12.6. The number of benzene rings is 3. The molecule has 0 aliphatic carbocycles. The van der Waals surface area contributed by atoms with Crippen LogP contribution in [0.5, 0.6) is 0 Å². The third-order valence-corrected chi connectivity index (χ3v) is 6.07. The number of esters is 1. The maximum atomic E-state index is 12.6. The molecule has 8 heteroatoms. The summed E-state index contributed by atoms with van der Waals surface area (Å²) in [6.45, 7) is 2.41. The first-order chi connectivity index (χ1) is 17.5. The molecule has 0 saturated carbocycles. The molecule has 4 aromatic rings. The van der Waals surface area contributed by atoms with Crippen molar-refractivity contribution in [2.75, 3.05) is 18.5 Å². The first-order valence-corrected chi connectivity index (χ1v) is 11.7. The standard InChI is InChI=1S/C28H24N4O4/c1-2-36-28(35)18-7-9-20(10-8-18)30-17-31-21-11-12-25-24(15-21)19(16-29-25)13-14-32-26(33)22-5-3-4-6-23(22)27(32)34/h3-12,15-17,29H,2,13-14H2,1H3,(H,30,31). The first kappa shape index (κ1) is 23.0. The molecular weight excluding hydrogens is 456 g/mol. The highest BCUT2D eigenvalue weighted by molar-refractivity contribution is 6.21. The predicted molar refractivity (Wildman–Crippen MR) is 138 cm³/mol. The number of hydrogen-bond acceptors (Lipinski definition) is 5. The molecule has 0 bridgehead atoms. The highest BCUT2D eigenvalue weighted by Crippen LogP contribution is 2.26. The summed E-state index contributed by atoms with van der Waals surface area (Å²) in [5.74, 6) is -0.847. The summed E-state index contributed by atoms with van der Waals surface area (Å²) < 4.78 is 4.99. The van der Waals surface area contributed by atoms with E-state index in [0.29, 0.717) is 36.3 Å². The number of aromatic amines is 1. The Hall–Kier alpha value is -4.72. The average Bonchev–Trinajstić information content (AvgIpc) is 3.41. The van der Waals surface area contributed by atoms with Crippen LogP contribution in [0.3, 0.4) is 0 Å². The lowest BCUT2D eigenvalue weighted by Gasteiger charge is -2.13. The average molecular weight is 481 g/mol. The van der Waals surface area contributed by atoms with Crippen LogP contribution >= 0.6 is 0 Å². The molecule has 0 spiro atoms. The summed E-state index contributed by atoms with van der Waals surface area (Å²) >= 11 is 0. The van der Waals surface area contributed by atoms with Gasteiger partial charge in [-0.05, 0) is 73.5 Å². The molecule has 2 heterocycles. The zero-order valence-electron chi connectivity index (χ0n) is 19.7. The molecular formula is C28H24N4O4. The van der Waals surface area contributed by atoms with Gasteiger partial charge < -0.3 is 15.0 Å². The second-order valence-electron chi connectivity index (χ2n) is 8.30.